The van der Waals surface area contributed by atoms with Gasteiger partial charge in [-0.1, -0.05) is 30.3 Å². The second kappa shape index (κ2) is 10.3. The molecule has 0 spiro atoms. The first kappa shape index (κ1) is 26.6. The average Bonchev–Trinajstić information content (AvgIpc) is 3.29. The van der Waals surface area contributed by atoms with Crippen LogP contribution in [0, 0.1) is 25.5 Å². The van der Waals surface area contributed by atoms with E-state index in [4.69, 9.17) is 0 Å². The Labute approximate surface area is 226 Å². The number of urea groups is 1. The van der Waals surface area contributed by atoms with Crippen LogP contribution in [-0.4, -0.2) is 68.3 Å². The van der Waals surface area contributed by atoms with Crippen LogP contribution in [0.4, 0.5) is 25.0 Å². The molecular weight excluding hydrogens is 526 g/mol. The number of piperazine rings is 1. The number of carbonyl (C=O) groups excluding carboxylic acids is 2. The Morgan fingerprint density at radius 1 is 0.897 bits per heavy atom. The van der Waals surface area contributed by atoms with Gasteiger partial charge in [0, 0.05) is 37.6 Å². The summed E-state index contributed by atoms with van der Waals surface area (Å²) >= 11 is 0. The molecule has 0 radical (unpaired) electrons. The van der Waals surface area contributed by atoms with Crippen molar-refractivity contribution in [3.05, 3.63) is 89.5 Å². The van der Waals surface area contributed by atoms with E-state index < -0.39 is 51.1 Å². The van der Waals surface area contributed by atoms with Gasteiger partial charge in [0.25, 0.3) is 10.0 Å². The van der Waals surface area contributed by atoms with Gasteiger partial charge in [0.2, 0.25) is 5.91 Å². The lowest BCUT2D eigenvalue weighted by molar-refractivity contribution is -0.132. The number of hydrogen-bond acceptors (Lipinski definition) is 5. The van der Waals surface area contributed by atoms with E-state index in [9.17, 15) is 26.8 Å². The number of anilines is 2. The largest absolute Gasteiger partial charge is 0.368 e. The summed E-state index contributed by atoms with van der Waals surface area (Å²) in [7, 11) is -4.78. The highest BCUT2D eigenvalue weighted by atomic mass is 32.2. The van der Waals surface area contributed by atoms with Crippen LogP contribution in [0.25, 0.3) is 0 Å². The van der Waals surface area contributed by atoms with Crippen LogP contribution in [0.3, 0.4) is 0 Å². The fourth-order valence-corrected chi connectivity index (χ4v) is 6.52. The Hall–Kier alpha value is -3.99. The summed E-state index contributed by atoms with van der Waals surface area (Å²) in [5.41, 5.74) is 3.68. The molecule has 3 amide bonds. The van der Waals surface area contributed by atoms with Crippen molar-refractivity contribution < 1.29 is 26.8 Å². The Morgan fingerprint density at radius 3 is 2.28 bits per heavy atom. The van der Waals surface area contributed by atoms with E-state index in [0.29, 0.717) is 48.3 Å². The summed E-state index contributed by atoms with van der Waals surface area (Å²) in [6.07, 6.45) is 0. The molecule has 0 N–H and O–H groups in total. The van der Waals surface area contributed by atoms with Crippen molar-refractivity contribution in [2.45, 2.75) is 24.8 Å². The lowest BCUT2D eigenvalue weighted by Crippen LogP contribution is -2.55. The van der Waals surface area contributed by atoms with Crippen LogP contribution in [-0.2, 0) is 14.8 Å². The Balaban J connectivity index is 1.42. The maximum atomic E-state index is 14.5. The summed E-state index contributed by atoms with van der Waals surface area (Å²) in [6, 6.07) is 14.3. The lowest BCUT2D eigenvalue weighted by atomic mass is 10.1. The summed E-state index contributed by atoms with van der Waals surface area (Å²) < 4.78 is 55.4. The number of rotatable bonds is 5. The average molecular weight is 555 g/mol. The number of halogens is 2. The SMILES string of the molecule is Cc1ccc(C)c(N2CCN(C(=O)C3CN(S(=O)(=O)c4cc(F)ccc4F)C(=O)N3c3ccccc3)CC2)c1. The molecule has 2 saturated heterocycles. The molecule has 0 saturated carbocycles. The van der Waals surface area contributed by atoms with Crippen molar-refractivity contribution in [2.24, 2.45) is 0 Å². The molecule has 2 heterocycles. The first-order valence-electron chi connectivity index (χ1n) is 12.5. The molecule has 2 aliphatic rings. The van der Waals surface area contributed by atoms with Gasteiger partial charge < -0.3 is 9.80 Å². The fourth-order valence-electron chi connectivity index (χ4n) is 5.07. The van der Waals surface area contributed by atoms with Crippen LogP contribution in [0.1, 0.15) is 11.1 Å². The Morgan fingerprint density at radius 2 is 1.59 bits per heavy atom. The number of carbonyl (C=O) groups is 2. The monoisotopic (exact) mass is 554 g/mol. The zero-order valence-electron chi connectivity index (χ0n) is 21.5. The molecule has 2 aliphatic heterocycles. The predicted octanol–water partition coefficient (Wildman–Crippen LogP) is 3.93. The molecule has 3 aromatic carbocycles. The molecule has 0 aliphatic carbocycles. The minimum atomic E-state index is -4.78. The van der Waals surface area contributed by atoms with Gasteiger partial charge in [-0.15, -0.1) is 0 Å². The van der Waals surface area contributed by atoms with Crippen LogP contribution in [0.15, 0.2) is 71.6 Å². The first-order chi connectivity index (χ1) is 18.6. The molecule has 2 fully saturated rings. The van der Waals surface area contributed by atoms with Crippen molar-refractivity contribution in [1.29, 1.82) is 0 Å². The van der Waals surface area contributed by atoms with Crippen molar-refractivity contribution in [2.75, 3.05) is 42.5 Å². The number of amides is 3. The zero-order chi connectivity index (χ0) is 27.9. The van der Waals surface area contributed by atoms with Crippen molar-refractivity contribution in [1.82, 2.24) is 9.21 Å². The molecule has 3 aromatic rings. The maximum absolute atomic E-state index is 14.5. The van der Waals surface area contributed by atoms with Gasteiger partial charge in [0.05, 0.1) is 6.54 Å². The van der Waals surface area contributed by atoms with Crippen LogP contribution in [0.5, 0.6) is 0 Å². The summed E-state index contributed by atoms with van der Waals surface area (Å²) in [4.78, 5) is 31.3. The number of aryl methyl sites for hydroxylation is 2. The van der Waals surface area contributed by atoms with Gasteiger partial charge in [-0.05, 0) is 61.4 Å². The number of sulfonamides is 1. The third kappa shape index (κ3) is 4.94. The van der Waals surface area contributed by atoms with Crippen LogP contribution in [0.2, 0.25) is 0 Å². The summed E-state index contributed by atoms with van der Waals surface area (Å²) in [6.45, 7) is 5.42. The molecule has 11 heteroatoms. The highest BCUT2D eigenvalue weighted by molar-refractivity contribution is 7.89. The van der Waals surface area contributed by atoms with Crippen molar-refractivity contribution >= 4 is 33.3 Å². The number of benzene rings is 3. The Kier molecular flexibility index (Phi) is 7.02. The van der Waals surface area contributed by atoms with E-state index in [1.807, 2.05) is 19.9 Å². The van der Waals surface area contributed by atoms with Gasteiger partial charge in [-0.25, -0.2) is 26.3 Å². The molecule has 0 aromatic heterocycles. The molecule has 1 unspecified atom stereocenters. The molecule has 5 rings (SSSR count). The molecular formula is C28H28F2N4O4S. The van der Waals surface area contributed by atoms with Crippen molar-refractivity contribution in [3.63, 3.8) is 0 Å². The standard InChI is InChI=1S/C28H28F2N4O4S/c1-19-8-9-20(2)24(16-19)31-12-14-32(15-13-31)27(35)25-18-33(28(36)34(25)22-6-4-3-5-7-22)39(37,38)26-17-21(29)10-11-23(26)30/h3-11,16-17,25H,12-15,18H2,1-2H3. The van der Waals surface area contributed by atoms with Crippen LogP contribution >= 0.6 is 0 Å². The minimum absolute atomic E-state index is 0.326. The second-order valence-electron chi connectivity index (χ2n) is 9.72. The van der Waals surface area contributed by atoms with Gasteiger partial charge in [0.15, 0.2) is 0 Å². The minimum Gasteiger partial charge on any atom is -0.368 e. The third-order valence-electron chi connectivity index (χ3n) is 7.15. The summed E-state index contributed by atoms with van der Waals surface area (Å²) in [5, 5.41) is 0. The van der Waals surface area contributed by atoms with E-state index in [0.717, 1.165) is 27.8 Å². The van der Waals surface area contributed by atoms with Gasteiger partial charge in [0.1, 0.15) is 22.6 Å². The van der Waals surface area contributed by atoms with E-state index in [1.54, 1.807) is 35.2 Å². The topological polar surface area (TPSA) is 81.2 Å². The highest BCUT2D eigenvalue weighted by Crippen LogP contribution is 2.32. The summed E-state index contributed by atoms with van der Waals surface area (Å²) in [5.74, 6) is -2.56. The predicted molar refractivity (Wildman–Crippen MR) is 143 cm³/mol. The normalized spacial score (nSPS) is 18.2. The van der Waals surface area contributed by atoms with E-state index in [-0.39, 0.29) is 0 Å². The quantitative estimate of drug-likeness (QED) is 0.478. The molecule has 1 atom stereocenters. The first-order valence-corrected chi connectivity index (χ1v) is 14.0. The number of para-hydroxylation sites is 1. The van der Waals surface area contributed by atoms with Crippen molar-refractivity contribution in [3.8, 4) is 0 Å². The zero-order valence-corrected chi connectivity index (χ0v) is 22.4. The van der Waals surface area contributed by atoms with Gasteiger partial charge in [-0.3, -0.25) is 9.69 Å². The third-order valence-corrected chi connectivity index (χ3v) is 8.90. The van der Waals surface area contributed by atoms with Gasteiger partial charge in [-0.2, -0.15) is 0 Å². The fraction of sp³-hybridized carbons (Fsp3) is 0.286. The van der Waals surface area contributed by atoms with E-state index in [1.165, 1.54) is 0 Å². The molecule has 204 valence electrons. The highest BCUT2D eigenvalue weighted by Gasteiger charge is 2.49. The van der Waals surface area contributed by atoms with Crippen LogP contribution < -0.4 is 9.80 Å². The second-order valence-corrected chi connectivity index (χ2v) is 11.5. The van der Waals surface area contributed by atoms with E-state index >= 15 is 0 Å². The maximum Gasteiger partial charge on any atom is 0.339 e. The Bertz CT molecular complexity index is 1530. The smallest absolute Gasteiger partial charge is 0.339 e. The number of nitrogens with zero attached hydrogens (tertiary/aromatic N) is 4. The van der Waals surface area contributed by atoms with Gasteiger partial charge >= 0.3 is 6.03 Å². The molecule has 8 nitrogen and oxygen atoms in total. The number of hydrogen-bond donors (Lipinski definition) is 0. The molecule has 0 bridgehead atoms. The molecule has 39 heavy (non-hydrogen) atoms. The van der Waals surface area contributed by atoms with E-state index in [2.05, 4.69) is 17.0 Å². The lowest BCUT2D eigenvalue weighted by Gasteiger charge is -2.38.